The number of nitrogens with one attached hydrogen (secondary N) is 1. The van der Waals surface area contributed by atoms with Gasteiger partial charge < -0.3 is 19.9 Å². The average Bonchev–Trinajstić information content (AvgIpc) is 2.64. The van der Waals surface area contributed by atoms with Crippen LogP contribution in [0.5, 0.6) is 5.88 Å². The normalized spacial score (nSPS) is 18.9. The lowest BCUT2D eigenvalue weighted by atomic mass is 9.91. The van der Waals surface area contributed by atoms with Crippen molar-refractivity contribution >= 4 is 17.6 Å². The van der Waals surface area contributed by atoms with E-state index in [1.165, 1.54) is 7.11 Å². The number of cyclic esters (lactones) is 1. The molecule has 0 unspecified atom stereocenters. The minimum absolute atomic E-state index is 0.0383. The van der Waals surface area contributed by atoms with Gasteiger partial charge in [-0.25, -0.2) is 9.78 Å². The van der Waals surface area contributed by atoms with Gasteiger partial charge in [-0.05, 0) is 18.6 Å². The molecule has 8 nitrogen and oxygen atoms in total. The van der Waals surface area contributed by atoms with Gasteiger partial charge in [0.05, 0.1) is 18.4 Å². The van der Waals surface area contributed by atoms with E-state index < -0.39 is 17.5 Å². The summed E-state index contributed by atoms with van der Waals surface area (Å²) in [6.07, 6.45) is 0.0404. The third kappa shape index (κ3) is 2.91. The molecular weight excluding hydrogens is 326 g/mol. The van der Waals surface area contributed by atoms with E-state index in [-0.39, 0.29) is 30.4 Å². The van der Waals surface area contributed by atoms with Crippen LogP contribution in [-0.2, 0) is 21.7 Å². The highest BCUT2D eigenvalue weighted by molar-refractivity contribution is 6.01. The van der Waals surface area contributed by atoms with E-state index in [0.717, 1.165) is 0 Å². The quantitative estimate of drug-likeness (QED) is 0.807. The zero-order chi connectivity index (χ0) is 18.0. The van der Waals surface area contributed by atoms with Crippen molar-refractivity contribution in [1.29, 1.82) is 0 Å². The molecule has 0 saturated carbocycles. The van der Waals surface area contributed by atoms with E-state index in [2.05, 4.69) is 15.3 Å². The molecule has 3 rings (SSSR count). The zero-order valence-corrected chi connectivity index (χ0v) is 13.8. The number of methoxy groups -OCH3 is 1. The smallest absolute Gasteiger partial charge is 0.344 e. The van der Waals surface area contributed by atoms with E-state index in [1.807, 2.05) is 6.07 Å². The Labute approximate surface area is 143 Å². The number of nitrogens with zero attached hydrogens (tertiary/aromatic N) is 2. The van der Waals surface area contributed by atoms with Gasteiger partial charge in [-0.3, -0.25) is 4.79 Å². The topological polar surface area (TPSA) is 111 Å². The first-order valence-corrected chi connectivity index (χ1v) is 7.71. The molecule has 1 amide bonds. The van der Waals surface area contributed by atoms with Crippen molar-refractivity contribution in [2.45, 2.75) is 25.6 Å². The molecule has 1 aliphatic rings. The van der Waals surface area contributed by atoms with Crippen molar-refractivity contribution in [3.05, 3.63) is 47.4 Å². The number of ether oxygens (including phenoxy) is 2. The maximum atomic E-state index is 12.5. The number of hydrogen-bond acceptors (Lipinski definition) is 7. The average molecular weight is 343 g/mol. The van der Waals surface area contributed by atoms with Crippen LogP contribution in [0.3, 0.4) is 0 Å². The SMILES string of the molecule is CC[C@@]1(O)C(=O)OCc2c(OC)nc(C(=O)Nc3ccccc3)nc21. The first-order chi connectivity index (χ1) is 12.0. The maximum Gasteiger partial charge on any atom is 0.344 e. The number of esters is 1. The van der Waals surface area contributed by atoms with Crippen molar-refractivity contribution in [3.63, 3.8) is 0 Å². The standard InChI is InChI=1S/C17H17N3O5/c1-3-17(23)12-11(9-25-16(17)22)15(24-2)20-13(19-12)14(21)18-10-7-5-4-6-8-10/h4-8,23H,3,9H2,1-2H3,(H,18,21)/t17-/m0/s1. The molecule has 1 aromatic carbocycles. The van der Waals surface area contributed by atoms with E-state index in [4.69, 9.17) is 9.47 Å². The fourth-order valence-corrected chi connectivity index (χ4v) is 2.58. The summed E-state index contributed by atoms with van der Waals surface area (Å²) in [4.78, 5) is 32.7. The van der Waals surface area contributed by atoms with Gasteiger partial charge in [0, 0.05) is 5.69 Å². The highest BCUT2D eigenvalue weighted by Gasteiger charge is 2.46. The van der Waals surface area contributed by atoms with Gasteiger partial charge in [0.2, 0.25) is 17.3 Å². The van der Waals surface area contributed by atoms with Gasteiger partial charge >= 0.3 is 5.97 Å². The van der Waals surface area contributed by atoms with Gasteiger partial charge in [0.25, 0.3) is 5.91 Å². The van der Waals surface area contributed by atoms with Crippen molar-refractivity contribution < 1.29 is 24.2 Å². The van der Waals surface area contributed by atoms with Gasteiger partial charge in [0.1, 0.15) is 6.61 Å². The minimum Gasteiger partial charge on any atom is -0.481 e. The molecule has 2 heterocycles. The van der Waals surface area contributed by atoms with Crippen LogP contribution in [0.2, 0.25) is 0 Å². The first-order valence-electron chi connectivity index (χ1n) is 7.71. The molecule has 2 N–H and O–H groups in total. The molecule has 25 heavy (non-hydrogen) atoms. The van der Waals surface area contributed by atoms with Crippen molar-refractivity contribution in [2.24, 2.45) is 0 Å². The van der Waals surface area contributed by atoms with Crippen LogP contribution in [-0.4, -0.2) is 34.1 Å². The summed E-state index contributed by atoms with van der Waals surface area (Å²) in [5, 5.41) is 13.3. The van der Waals surface area contributed by atoms with Crippen molar-refractivity contribution in [2.75, 3.05) is 12.4 Å². The number of amides is 1. The summed E-state index contributed by atoms with van der Waals surface area (Å²) in [6.45, 7) is 1.49. The van der Waals surface area contributed by atoms with Crippen LogP contribution in [0.1, 0.15) is 35.2 Å². The lowest BCUT2D eigenvalue weighted by Gasteiger charge is -2.31. The number of para-hydroxylation sites is 1. The molecule has 130 valence electrons. The molecule has 8 heteroatoms. The Hall–Kier alpha value is -3.00. The molecule has 1 atom stereocenters. The molecule has 0 spiro atoms. The van der Waals surface area contributed by atoms with Crippen LogP contribution in [0, 0.1) is 0 Å². The summed E-state index contributed by atoms with van der Waals surface area (Å²) in [7, 11) is 1.38. The number of carbonyl (C=O) groups excluding carboxylic acids is 2. The van der Waals surface area contributed by atoms with Crippen molar-refractivity contribution in [3.8, 4) is 5.88 Å². The third-order valence-corrected chi connectivity index (χ3v) is 3.99. The van der Waals surface area contributed by atoms with Gasteiger partial charge in [-0.2, -0.15) is 4.98 Å². The number of aromatic nitrogens is 2. The van der Waals surface area contributed by atoms with Crippen LogP contribution in [0.4, 0.5) is 5.69 Å². The van der Waals surface area contributed by atoms with Gasteiger partial charge in [-0.15, -0.1) is 0 Å². The second-order valence-electron chi connectivity index (χ2n) is 5.49. The van der Waals surface area contributed by atoms with E-state index in [1.54, 1.807) is 31.2 Å². The predicted octanol–water partition coefficient (Wildman–Crippen LogP) is 1.39. The Morgan fingerprint density at radius 1 is 1.36 bits per heavy atom. The maximum absolute atomic E-state index is 12.5. The second kappa shape index (κ2) is 6.48. The van der Waals surface area contributed by atoms with Crippen LogP contribution >= 0.6 is 0 Å². The number of carbonyl (C=O) groups is 2. The highest BCUT2D eigenvalue weighted by Crippen LogP contribution is 2.36. The van der Waals surface area contributed by atoms with Crippen LogP contribution < -0.4 is 10.1 Å². The monoisotopic (exact) mass is 343 g/mol. The first kappa shape index (κ1) is 16.8. The number of hydrogen-bond donors (Lipinski definition) is 2. The van der Waals surface area contributed by atoms with E-state index >= 15 is 0 Å². The van der Waals surface area contributed by atoms with E-state index in [9.17, 15) is 14.7 Å². The van der Waals surface area contributed by atoms with Gasteiger partial charge in [-0.1, -0.05) is 25.1 Å². The fraction of sp³-hybridized carbons (Fsp3) is 0.294. The summed E-state index contributed by atoms with van der Waals surface area (Å²) in [6, 6.07) is 8.80. The Bertz CT molecular complexity index is 825. The van der Waals surface area contributed by atoms with Crippen LogP contribution in [0.25, 0.3) is 0 Å². The predicted molar refractivity (Wildman–Crippen MR) is 87.0 cm³/mol. The van der Waals surface area contributed by atoms with E-state index in [0.29, 0.717) is 11.3 Å². The van der Waals surface area contributed by atoms with Crippen LogP contribution in [0.15, 0.2) is 30.3 Å². The Kier molecular flexibility index (Phi) is 4.37. The minimum atomic E-state index is -1.94. The molecule has 0 bridgehead atoms. The molecule has 1 aromatic heterocycles. The number of benzene rings is 1. The largest absolute Gasteiger partial charge is 0.481 e. The number of fused-ring (bicyclic) bond motifs is 1. The Morgan fingerprint density at radius 2 is 2.08 bits per heavy atom. The Balaban J connectivity index is 2.05. The van der Waals surface area contributed by atoms with Gasteiger partial charge in [0.15, 0.2) is 0 Å². The lowest BCUT2D eigenvalue weighted by Crippen LogP contribution is -2.42. The fourth-order valence-electron chi connectivity index (χ4n) is 2.58. The zero-order valence-electron chi connectivity index (χ0n) is 13.8. The number of anilines is 1. The second-order valence-corrected chi connectivity index (χ2v) is 5.49. The summed E-state index contributed by atoms with van der Waals surface area (Å²) >= 11 is 0. The lowest BCUT2D eigenvalue weighted by molar-refractivity contribution is -0.172. The summed E-state index contributed by atoms with van der Waals surface area (Å²) < 4.78 is 10.2. The summed E-state index contributed by atoms with van der Waals surface area (Å²) in [5.74, 6) is -1.51. The number of rotatable bonds is 4. The molecule has 0 saturated heterocycles. The molecule has 0 radical (unpaired) electrons. The molecule has 1 aliphatic heterocycles. The molecule has 0 fully saturated rings. The molecule has 2 aromatic rings. The number of aliphatic hydroxyl groups is 1. The van der Waals surface area contributed by atoms with Crippen molar-refractivity contribution in [1.82, 2.24) is 9.97 Å². The molecular formula is C17H17N3O5. The molecule has 0 aliphatic carbocycles. The third-order valence-electron chi connectivity index (χ3n) is 3.99. The highest BCUT2D eigenvalue weighted by atomic mass is 16.6. The summed E-state index contributed by atoms with van der Waals surface area (Å²) in [5.41, 5.74) is -0.983. The Morgan fingerprint density at radius 3 is 2.72 bits per heavy atom.